The van der Waals surface area contributed by atoms with Gasteiger partial charge in [0.1, 0.15) is 0 Å². The monoisotopic (exact) mass is 757 g/mol. The number of carbonyl (C=O) groups is 3. The SMILES string of the molecule is C[NH2+]C.O=C([O-])/C=C/c1ccccc1.O=C([O-])/C=C/c1ccccc1.O=C([O-])/C=C/c1ccccc1.[O-2].[O-2].[U]. The Hall–Kier alpha value is -3.78. The van der Waals surface area contributed by atoms with Gasteiger partial charge in [-0.25, -0.2) is 0 Å². The van der Waals surface area contributed by atoms with Crippen LogP contribution in [0.4, 0.5) is 0 Å². The number of carboxylic acids is 3. The smallest absolute Gasteiger partial charge is 0.0647 e. The molecule has 0 spiro atoms. The second-order valence-corrected chi connectivity index (χ2v) is 6.77. The van der Waals surface area contributed by atoms with Crippen LogP contribution in [0.15, 0.2) is 109 Å². The van der Waals surface area contributed by atoms with Gasteiger partial charge in [0.15, 0.2) is 0 Å². The summed E-state index contributed by atoms with van der Waals surface area (Å²) in [6.07, 6.45) is 7.51. The van der Waals surface area contributed by atoms with Crippen LogP contribution in [0.1, 0.15) is 16.7 Å². The summed E-state index contributed by atoms with van der Waals surface area (Å²) in [6, 6.07) is 27.6. The summed E-state index contributed by atoms with van der Waals surface area (Å²) in [5.41, 5.74) is 2.57. The Morgan fingerprint density at radius 1 is 0.513 bits per heavy atom. The van der Waals surface area contributed by atoms with E-state index < -0.39 is 17.9 Å². The molecule has 0 radical (unpaired) electrons. The van der Waals surface area contributed by atoms with Gasteiger partial charge >= 0.3 is 0 Å². The van der Waals surface area contributed by atoms with Crippen molar-refractivity contribution in [2.75, 3.05) is 14.1 Å². The number of hydrogen-bond donors (Lipinski definition) is 1. The number of carboxylic acid groups (broad SMARTS) is 3. The predicted molar refractivity (Wildman–Crippen MR) is 137 cm³/mol. The summed E-state index contributed by atoms with van der Waals surface area (Å²) in [6.45, 7) is 0. The van der Waals surface area contributed by atoms with Crippen LogP contribution in [-0.2, 0) is 25.3 Å². The zero-order valence-electron chi connectivity index (χ0n) is 21.5. The Bertz CT molecular complexity index is 962. The number of quaternary nitrogens is 1. The zero-order chi connectivity index (χ0) is 27.0. The second kappa shape index (κ2) is 28.8. The summed E-state index contributed by atoms with van der Waals surface area (Å²) in [4.78, 5) is 29.9. The first-order chi connectivity index (χ1) is 17.3. The maximum absolute atomic E-state index is 9.97. The molecule has 2 N–H and O–H groups in total. The normalized spacial score (nSPS) is 9.08. The molecule has 0 atom stereocenters. The number of rotatable bonds is 6. The minimum atomic E-state index is -1.17. The van der Waals surface area contributed by atoms with Crippen molar-refractivity contribution in [1.82, 2.24) is 0 Å². The van der Waals surface area contributed by atoms with Gasteiger partial charge in [0.25, 0.3) is 0 Å². The topological polar surface area (TPSA) is 194 Å². The van der Waals surface area contributed by atoms with Crippen molar-refractivity contribution in [1.29, 1.82) is 0 Å². The molecule has 3 aromatic rings. The molecule has 0 saturated heterocycles. The van der Waals surface area contributed by atoms with E-state index in [1.165, 1.54) is 18.2 Å². The van der Waals surface area contributed by atoms with E-state index in [0.29, 0.717) is 0 Å². The zero-order valence-corrected chi connectivity index (χ0v) is 25.6. The number of aliphatic carboxylic acids is 3. The summed E-state index contributed by atoms with van der Waals surface area (Å²) in [5.74, 6) is -3.52. The minimum absolute atomic E-state index is 0. The first kappa shape index (κ1) is 42.3. The van der Waals surface area contributed by atoms with Crippen LogP contribution in [0.5, 0.6) is 0 Å². The largest absolute Gasteiger partial charge is 2.00 e. The van der Waals surface area contributed by atoms with Crippen LogP contribution >= 0.6 is 0 Å². The molecule has 3 rings (SSSR count). The summed E-state index contributed by atoms with van der Waals surface area (Å²) < 4.78 is 0. The van der Waals surface area contributed by atoms with E-state index in [4.69, 9.17) is 0 Å². The van der Waals surface area contributed by atoms with Crippen LogP contribution in [-0.4, -0.2) is 32.0 Å². The van der Waals surface area contributed by atoms with E-state index in [1.54, 1.807) is 0 Å². The number of hydrogen-bond acceptors (Lipinski definition) is 6. The molecule has 0 heterocycles. The quantitative estimate of drug-likeness (QED) is 0.342. The van der Waals surface area contributed by atoms with Gasteiger partial charge in [-0.2, -0.15) is 0 Å². The van der Waals surface area contributed by atoms with Crippen LogP contribution in [0.25, 0.3) is 18.2 Å². The Labute approximate surface area is 252 Å². The molecule has 9 nitrogen and oxygen atoms in total. The second-order valence-electron chi connectivity index (χ2n) is 6.77. The standard InChI is InChI=1S/3C9H8O2.C2H7N.2O.U/c3*10-9(11)7-6-8-4-2-1-3-5-8;1-3-2;;;/h3*1-7H,(H,10,11);3H,1-2H3;;;/q;;;;2*-2;/p-2/b3*7-6+;;;;. The van der Waals surface area contributed by atoms with Gasteiger partial charge in [-0.05, 0) is 34.9 Å². The fourth-order valence-electron chi connectivity index (χ4n) is 2.19. The van der Waals surface area contributed by atoms with E-state index in [9.17, 15) is 29.7 Å². The molecule has 0 amide bonds. The third kappa shape index (κ3) is 28.6. The molecule has 0 fully saturated rings. The molecular weight excluding hydrogens is 728 g/mol. The van der Waals surface area contributed by atoms with E-state index >= 15 is 0 Å². The summed E-state index contributed by atoms with van der Waals surface area (Å²) in [7, 11) is 4.00. The molecular formula is C29H29NO8U-6. The molecule has 0 saturated carbocycles. The molecule has 0 unspecified atom stereocenters. The van der Waals surface area contributed by atoms with Crippen molar-refractivity contribution in [3.63, 3.8) is 0 Å². The maximum Gasteiger partial charge on any atom is 0.0647 e. The van der Waals surface area contributed by atoms with Gasteiger partial charge in [-0.3, -0.25) is 0 Å². The Morgan fingerprint density at radius 2 is 0.692 bits per heavy atom. The van der Waals surface area contributed by atoms with Gasteiger partial charge in [-0.15, -0.1) is 0 Å². The van der Waals surface area contributed by atoms with Crippen molar-refractivity contribution in [3.05, 3.63) is 126 Å². The van der Waals surface area contributed by atoms with Gasteiger partial charge in [-0.1, -0.05) is 109 Å². The predicted octanol–water partition coefficient (Wildman–Crippen LogP) is -0.0791. The van der Waals surface area contributed by atoms with Crippen LogP contribution in [0.3, 0.4) is 0 Å². The van der Waals surface area contributed by atoms with Crippen LogP contribution in [0.2, 0.25) is 0 Å². The molecule has 208 valence electrons. The molecule has 3 aromatic carbocycles. The minimum Gasteiger partial charge on any atom is -2.00 e. The first-order valence-corrected chi connectivity index (χ1v) is 10.8. The summed E-state index contributed by atoms with van der Waals surface area (Å²) >= 11 is 0. The number of benzene rings is 3. The van der Waals surface area contributed by atoms with E-state index in [2.05, 4.69) is 0 Å². The molecule has 10 heteroatoms. The number of carbonyl (C=O) groups excluding carboxylic acids is 3. The van der Waals surface area contributed by atoms with E-state index in [-0.39, 0.29) is 42.1 Å². The van der Waals surface area contributed by atoms with Crippen molar-refractivity contribution in [2.45, 2.75) is 0 Å². The van der Waals surface area contributed by atoms with Gasteiger partial charge in [0.05, 0.1) is 32.0 Å². The van der Waals surface area contributed by atoms with Crippen molar-refractivity contribution in [3.8, 4) is 0 Å². The fourth-order valence-corrected chi connectivity index (χ4v) is 2.19. The van der Waals surface area contributed by atoms with Gasteiger partial charge in [0, 0.05) is 31.1 Å². The third-order valence-electron chi connectivity index (χ3n) is 3.63. The first-order valence-electron chi connectivity index (χ1n) is 10.8. The molecule has 39 heavy (non-hydrogen) atoms. The van der Waals surface area contributed by atoms with Crippen molar-refractivity contribution < 1.29 is 77.1 Å². The van der Waals surface area contributed by atoms with Crippen molar-refractivity contribution >= 4 is 36.1 Å². The Kier molecular flexibility index (Phi) is 31.2. The van der Waals surface area contributed by atoms with E-state index in [1.807, 2.05) is 110 Å². The van der Waals surface area contributed by atoms with Crippen LogP contribution < -0.4 is 20.6 Å². The molecule has 0 aliphatic carbocycles. The van der Waals surface area contributed by atoms with Crippen molar-refractivity contribution in [2.24, 2.45) is 0 Å². The molecule has 0 aliphatic rings. The van der Waals surface area contributed by atoms with Crippen LogP contribution in [0, 0.1) is 31.1 Å². The average molecular weight is 758 g/mol. The van der Waals surface area contributed by atoms with E-state index in [0.717, 1.165) is 34.9 Å². The Morgan fingerprint density at radius 3 is 0.846 bits per heavy atom. The molecule has 0 bridgehead atoms. The number of nitrogens with two attached hydrogens (primary N) is 1. The Balaban J connectivity index is -0.000000216. The molecule has 0 aliphatic heterocycles. The summed E-state index contributed by atoms with van der Waals surface area (Å²) in [5, 5.41) is 31.9. The maximum atomic E-state index is 9.97. The average Bonchev–Trinajstić information content (AvgIpc) is 2.88. The van der Waals surface area contributed by atoms with Gasteiger partial charge < -0.3 is 46.0 Å². The van der Waals surface area contributed by atoms with Gasteiger partial charge in [0.2, 0.25) is 0 Å². The fraction of sp³-hybridized carbons (Fsp3) is 0.0690. The third-order valence-corrected chi connectivity index (χ3v) is 3.63. The molecule has 0 aromatic heterocycles.